The molecule has 0 saturated carbocycles. The van der Waals surface area contributed by atoms with Crippen LogP contribution in [0.25, 0.3) is 0 Å². The molecule has 2 aromatic rings. The van der Waals surface area contributed by atoms with Gasteiger partial charge in [-0.25, -0.2) is 4.79 Å². The van der Waals surface area contributed by atoms with Gasteiger partial charge in [0.2, 0.25) is 0 Å². The Bertz CT molecular complexity index is 770. The molecular formula is C18H19NO4S. The molecule has 1 saturated heterocycles. The second kappa shape index (κ2) is 6.75. The number of carbonyl (C=O) groups is 2. The summed E-state index contributed by atoms with van der Waals surface area (Å²) in [4.78, 5) is 26.2. The molecule has 0 radical (unpaired) electrons. The second-order valence-electron chi connectivity index (χ2n) is 5.95. The molecular weight excluding hydrogens is 326 g/mol. The number of aryl methyl sites for hydroxylation is 1. The summed E-state index contributed by atoms with van der Waals surface area (Å²) in [6.45, 7) is 4.89. The molecule has 2 heterocycles. The fraction of sp³-hybridized carbons (Fsp3) is 0.333. The van der Waals surface area contributed by atoms with Crippen molar-refractivity contribution in [3.63, 3.8) is 0 Å². The molecule has 1 aliphatic rings. The van der Waals surface area contributed by atoms with Gasteiger partial charge >= 0.3 is 5.97 Å². The van der Waals surface area contributed by atoms with Crippen molar-refractivity contribution in [3.8, 4) is 0 Å². The third-order valence-corrected chi connectivity index (χ3v) is 5.32. The Hall–Kier alpha value is -2.18. The Morgan fingerprint density at radius 1 is 1.21 bits per heavy atom. The molecule has 1 fully saturated rings. The summed E-state index contributed by atoms with van der Waals surface area (Å²) in [5.74, 6) is -1.14. The molecule has 0 aliphatic carbocycles. The minimum absolute atomic E-state index is 0.0480. The van der Waals surface area contributed by atoms with Crippen molar-refractivity contribution in [3.05, 3.63) is 57.3 Å². The van der Waals surface area contributed by atoms with E-state index in [-0.39, 0.29) is 22.9 Å². The van der Waals surface area contributed by atoms with Gasteiger partial charge in [0.15, 0.2) is 0 Å². The lowest BCUT2D eigenvalue weighted by atomic mass is 10.0. The Morgan fingerprint density at radius 3 is 2.58 bits per heavy atom. The van der Waals surface area contributed by atoms with E-state index in [4.69, 9.17) is 9.84 Å². The SMILES string of the molecule is Cc1ccccc1C1CN(C(=O)c2ccc(C(=O)O)s2)C(C)CO1. The number of nitrogens with zero attached hydrogens (tertiary/aromatic N) is 1. The summed E-state index contributed by atoms with van der Waals surface area (Å²) in [5, 5.41) is 9.03. The van der Waals surface area contributed by atoms with Gasteiger partial charge in [0.05, 0.1) is 24.1 Å². The summed E-state index contributed by atoms with van der Waals surface area (Å²) in [7, 11) is 0. The van der Waals surface area contributed by atoms with E-state index < -0.39 is 5.97 Å². The van der Waals surface area contributed by atoms with Crippen LogP contribution < -0.4 is 0 Å². The van der Waals surface area contributed by atoms with Crippen LogP contribution in [0.1, 0.15) is 43.5 Å². The molecule has 3 rings (SSSR count). The first-order valence-electron chi connectivity index (χ1n) is 7.78. The first-order valence-corrected chi connectivity index (χ1v) is 8.60. The highest BCUT2D eigenvalue weighted by Crippen LogP contribution is 2.29. The molecule has 2 atom stereocenters. The molecule has 2 unspecified atom stereocenters. The maximum atomic E-state index is 12.8. The largest absolute Gasteiger partial charge is 0.477 e. The molecule has 1 N–H and O–H groups in total. The van der Waals surface area contributed by atoms with Crippen LogP contribution in [0.3, 0.4) is 0 Å². The van der Waals surface area contributed by atoms with E-state index in [0.717, 1.165) is 22.5 Å². The number of amides is 1. The van der Waals surface area contributed by atoms with Crippen molar-refractivity contribution in [1.82, 2.24) is 4.90 Å². The fourth-order valence-corrected chi connectivity index (χ4v) is 3.69. The Labute approximate surface area is 144 Å². The summed E-state index contributed by atoms with van der Waals surface area (Å²) >= 11 is 1.01. The van der Waals surface area contributed by atoms with E-state index in [0.29, 0.717) is 18.0 Å². The molecule has 0 spiro atoms. The number of ether oxygens (including phenoxy) is 1. The van der Waals surface area contributed by atoms with Crippen LogP contribution in [0.5, 0.6) is 0 Å². The molecule has 6 heteroatoms. The number of morpholine rings is 1. The minimum Gasteiger partial charge on any atom is -0.477 e. The van der Waals surface area contributed by atoms with E-state index in [2.05, 4.69) is 0 Å². The average Bonchev–Trinajstić information content (AvgIpc) is 3.06. The van der Waals surface area contributed by atoms with Gasteiger partial charge < -0.3 is 14.7 Å². The molecule has 24 heavy (non-hydrogen) atoms. The van der Waals surface area contributed by atoms with Crippen molar-refractivity contribution < 1.29 is 19.4 Å². The molecule has 1 aliphatic heterocycles. The highest BCUT2D eigenvalue weighted by Gasteiger charge is 2.32. The third-order valence-electron chi connectivity index (χ3n) is 4.26. The van der Waals surface area contributed by atoms with Crippen LogP contribution in [0.15, 0.2) is 36.4 Å². The standard InChI is InChI=1S/C18H19NO4S/c1-11-5-3-4-6-13(11)14-9-19(12(2)10-23-14)17(20)15-7-8-16(24-15)18(21)22/h3-8,12,14H,9-10H2,1-2H3,(H,21,22). The molecule has 0 bridgehead atoms. The van der Waals surface area contributed by atoms with Crippen molar-refractivity contribution in [2.75, 3.05) is 13.2 Å². The number of rotatable bonds is 3. The number of carboxylic acids is 1. The number of aromatic carboxylic acids is 1. The van der Waals surface area contributed by atoms with E-state index in [9.17, 15) is 9.59 Å². The first-order chi connectivity index (χ1) is 11.5. The van der Waals surface area contributed by atoms with E-state index in [1.54, 1.807) is 11.0 Å². The molecule has 1 aromatic carbocycles. The maximum Gasteiger partial charge on any atom is 0.345 e. The van der Waals surface area contributed by atoms with E-state index in [1.807, 2.05) is 38.1 Å². The van der Waals surface area contributed by atoms with Crippen LogP contribution in [0.2, 0.25) is 0 Å². The molecule has 5 nitrogen and oxygen atoms in total. The highest BCUT2D eigenvalue weighted by molar-refractivity contribution is 7.15. The van der Waals surface area contributed by atoms with Crippen LogP contribution >= 0.6 is 11.3 Å². The predicted molar refractivity (Wildman–Crippen MR) is 91.6 cm³/mol. The number of carbonyl (C=O) groups excluding carboxylic acids is 1. The summed E-state index contributed by atoms with van der Waals surface area (Å²) in [5.41, 5.74) is 2.22. The summed E-state index contributed by atoms with van der Waals surface area (Å²) < 4.78 is 5.93. The van der Waals surface area contributed by atoms with Gasteiger partial charge in [-0.3, -0.25) is 4.79 Å². The van der Waals surface area contributed by atoms with Gasteiger partial charge in [0.1, 0.15) is 11.0 Å². The first kappa shape index (κ1) is 16.7. The number of benzene rings is 1. The lowest BCUT2D eigenvalue weighted by Crippen LogP contribution is -2.48. The zero-order chi connectivity index (χ0) is 17.3. The van der Waals surface area contributed by atoms with E-state index in [1.165, 1.54) is 6.07 Å². The quantitative estimate of drug-likeness (QED) is 0.926. The lowest BCUT2D eigenvalue weighted by molar-refractivity contribution is -0.0487. The van der Waals surface area contributed by atoms with Crippen LogP contribution in [-0.2, 0) is 4.74 Å². The number of carboxylic acid groups (broad SMARTS) is 1. The van der Waals surface area contributed by atoms with Crippen LogP contribution in [-0.4, -0.2) is 41.1 Å². The summed E-state index contributed by atoms with van der Waals surface area (Å²) in [6, 6.07) is 11.0. The van der Waals surface area contributed by atoms with Crippen LogP contribution in [0.4, 0.5) is 0 Å². The zero-order valence-corrected chi connectivity index (χ0v) is 14.4. The van der Waals surface area contributed by atoms with Gasteiger partial charge in [-0.15, -0.1) is 11.3 Å². The normalized spacial score (nSPS) is 20.8. The van der Waals surface area contributed by atoms with Gasteiger partial charge in [0.25, 0.3) is 5.91 Å². The third kappa shape index (κ3) is 3.20. The number of hydrogen-bond donors (Lipinski definition) is 1. The Balaban J connectivity index is 1.82. The van der Waals surface area contributed by atoms with E-state index >= 15 is 0 Å². The maximum absolute atomic E-state index is 12.8. The fourth-order valence-electron chi connectivity index (χ4n) is 2.89. The minimum atomic E-state index is -1.01. The second-order valence-corrected chi connectivity index (χ2v) is 7.04. The monoisotopic (exact) mass is 345 g/mol. The Morgan fingerprint density at radius 2 is 1.92 bits per heavy atom. The van der Waals surface area contributed by atoms with Crippen molar-refractivity contribution in [2.24, 2.45) is 0 Å². The molecule has 126 valence electrons. The van der Waals surface area contributed by atoms with Gasteiger partial charge in [-0.1, -0.05) is 24.3 Å². The van der Waals surface area contributed by atoms with Gasteiger partial charge in [-0.2, -0.15) is 0 Å². The van der Waals surface area contributed by atoms with Crippen LogP contribution in [0, 0.1) is 6.92 Å². The number of thiophene rings is 1. The zero-order valence-electron chi connectivity index (χ0n) is 13.6. The Kier molecular flexibility index (Phi) is 4.69. The van der Waals surface area contributed by atoms with Gasteiger partial charge in [-0.05, 0) is 37.1 Å². The van der Waals surface area contributed by atoms with Crippen molar-refractivity contribution in [2.45, 2.75) is 26.0 Å². The highest BCUT2D eigenvalue weighted by atomic mass is 32.1. The predicted octanol–water partition coefficient (Wildman–Crippen LogP) is 3.36. The smallest absolute Gasteiger partial charge is 0.345 e. The molecule has 1 amide bonds. The van der Waals surface area contributed by atoms with Crippen molar-refractivity contribution >= 4 is 23.2 Å². The number of hydrogen-bond acceptors (Lipinski definition) is 4. The lowest BCUT2D eigenvalue weighted by Gasteiger charge is -2.38. The topological polar surface area (TPSA) is 66.8 Å². The van der Waals surface area contributed by atoms with Gasteiger partial charge in [0, 0.05) is 0 Å². The summed E-state index contributed by atoms with van der Waals surface area (Å²) in [6.07, 6.45) is -0.162. The van der Waals surface area contributed by atoms with Crippen molar-refractivity contribution in [1.29, 1.82) is 0 Å². The molecule has 1 aromatic heterocycles. The average molecular weight is 345 g/mol.